The maximum Gasteiger partial charge on any atom is 0.322 e. The van der Waals surface area contributed by atoms with Crippen molar-refractivity contribution in [3.63, 3.8) is 0 Å². The van der Waals surface area contributed by atoms with Crippen molar-refractivity contribution in [2.75, 3.05) is 26.8 Å². The molecule has 0 fully saturated rings. The fraction of sp³-hybridized carbons (Fsp3) is 0.333. The highest BCUT2D eigenvalue weighted by atomic mass is 16.5. The molecule has 0 spiro atoms. The second kappa shape index (κ2) is 9.48. The number of aldehydes is 1. The van der Waals surface area contributed by atoms with Crippen LogP contribution in [0, 0.1) is 0 Å². The summed E-state index contributed by atoms with van der Waals surface area (Å²) in [6, 6.07) is 5.52. The van der Waals surface area contributed by atoms with E-state index in [0.29, 0.717) is 30.8 Å². The lowest BCUT2D eigenvalue weighted by molar-refractivity contribution is -0.137. The summed E-state index contributed by atoms with van der Waals surface area (Å²) >= 11 is 0. The van der Waals surface area contributed by atoms with Crippen LogP contribution in [0.5, 0.6) is 0 Å². The van der Waals surface area contributed by atoms with Gasteiger partial charge in [0.25, 0.3) is 5.91 Å². The molecule has 9 heteroatoms. The Labute approximate surface area is 156 Å². The van der Waals surface area contributed by atoms with Crippen molar-refractivity contribution in [2.45, 2.75) is 13.0 Å². The monoisotopic (exact) mass is 375 g/mol. The number of aliphatic hydroxyl groups is 1. The Morgan fingerprint density at radius 1 is 1.37 bits per heavy atom. The largest absolute Gasteiger partial charge is 0.507 e. The summed E-state index contributed by atoms with van der Waals surface area (Å²) in [4.78, 5) is 40.0. The number of nitrogens with one attached hydrogen (secondary N) is 1. The molecular weight excluding hydrogens is 354 g/mol. The van der Waals surface area contributed by atoms with E-state index in [0.717, 1.165) is 5.69 Å². The number of allylic oxidation sites excluding steroid dienone is 1. The molecular formula is C18H21N3O6. The maximum atomic E-state index is 12.0. The third-order valence-electron chi connectivity index (χ3n) is 3.97. The van der Waals surface area contributed by atoms with Crippen LogP contribution in [0.15, 0.2) is 47.0 Å². The van der Waals surface area contributed by atoms with Crippen LogP contribution in [0.1, 0.15) is 12.1 Å². The van der Waals surface area contributed by atoms with Gasteiger partial charge in [-0.25, -0.2) is 0 Å². The van der Waals surface area contributed by atoms with Crippen molar-refractivity contribution in [3.05, 3.63) is 52.7 Å². The Bertz CT molecular complexity index is 773. The first-order valence-electron chi connectivity index (χ1n) is 8.23. The predicted octanol–water partition coefficient (Wildman–Crippen LogP) is 0.400. The average molecular weight is 375 g/mol. The molecule has 144 valence electrons. The van der Waals surface area contributed by atoms with Crippen molar-refractivity contribution in [1.29, 1.82) is 0 Å². The van der Waals surface area contributed by atoms with Crippen LogP contribution < -0.4 is 5.32 Å². The van der Waals surface area contributed by atoms with Crippen LogP contribution in [0.2, 0.25) is 0 Å². The number of nitrogens with zero attached hydrogens (tertiary/aromatic N) is 2. The van der Waals surface area contributed by atoms with E-state index in [2.05, 4.69) is 10.3 Å². The number of pyridine rings is 1. The lowest BCUT2D eigenvalue weighted by Crippen LogP contribution is -2.32. The smallest absolute Gasteiger partial charge is 0.322 e. The van der Waals surface area contributed by atoms with Gasteiger partial charge in [0.15, 0.2) is 6.29 Å². The number of carboxylic acid groups (broad SMARTS) is 1. The number of hydrogen-bond donors (Lipinski definition) is 3. The topological polar surface area (TPSA) is 129 Å². The number of ether oxygens (including phenoxy) is 1. The number of aliphatic hydroxyl groups excluding tert-OH is 1. The van der Waals surface area contributed by atoms with Crippen LogP contribution in [0.3, 0.4) is 0 Å². The lowest BCUT2D eigenvalue weighted by atomic mass is 10.0. The molecule has 27 heavy (non-hydrogen) atoms. The van der Waals surface area contributed by atoms with E-state index in [9.17, 15) is 19.5 Å². The minimum atomic E-state index is -1.26. The summed E-state index contributed by atoms with van der Waals surface area (Å²) in [5, 5.41) is 21.3. The molecule has 0 saturated heterocycles. The van der Waals surface area contributed by atoms with Crippen LogP contribution in [0.25, 0.3) is 0 Å². The van der Waals surface area contributed by atoms with E-state index in [1.165, 1.54) is 0 Å². The van der Waals surface area contributed by atoms with Crippen LogP contribution in [-0.2, 0) is 25.7 Å². The number of carboxylic acids is 1. The molecule has 1 aromatic heterocycles. The summed E-state index contributed by atoms with van der Waals surface area (Å²) in [5.41, 5.74) is 1.31. The van der Waals surface area contributed by atoms with E-state index >= 15 is 0 Å². The highest BCUT2D eigenvalue weighted by Gasteiger charge is 2.25. The summed E-state index contributed by atoms with van der Waals surface area (Å²) in [6.07, 6.45) is 2.19. The molecule has 1 aliphatic heterocycles. The Balaban J connectivity index is 2.32. The van der Waals surface area contributed by atoms with Crippen LogP contribution in [-0.4, -0.2) is 65.1 Å². The molecule has 2 rings (SSSR count). The number of amides is 1. The second-order valence-corrected chi connectivity index (χ2v) is 5.86. The quantitative estimate of drug-likeness (QED) is 0.196. The van der Waals surface area contributed by atoms with Gasteiger partial charge in [-0.2, -0.15) is 0 Å². The molecule has 0 saturated carbocycles. The molecule has 1 aromatic rings. The van der Waals surface area contributed by atoms with Crippen molar-refractivity contribution >= 4 is 18.2 Å². The number of rotatable bonds is 8. The molecule has 1 aliphatic rings. The van der Waals surface area contributed by atoms with E-state index in [4.69, 9.17) is 9.84 Å². The minimum Gasteiger partial charge on any atom is -0.507 e. The van der Waals surface area contributed by atoms with Gasteiger partial charge < -0.3 is 25.2 Å². The van der Waals surface area contributed by atoms with Crippen LogP contribution in [0.4, 0.5) is 0 Å². The van der Waals surface area contributed by atoms with Gasteiger partial charge in [-0.1, -0.05) is 6.07 Å². The SMILES string of the molecule is CN(Cc1ccccn1)C1=C(/C(O)=C(\C=O)C(=O)NCC(=O)O)CCOC1. The number of aromatic nitrogens is 1. The summed E-state index contributed by atoms with van der Waals surface area (Å²) in [6.45, 7) is 0.310. The van der Waals surface area contributed by atoms with Gasteiger partial charge in [-0.05, 0) is 12.1 Å². The van der Waals surface area contributed by atoms with Crippen LogP contribution >= 0.6 is 0 Å². The zero-order chi connectivity index (χ0) is 19.8. The third kappa shape index (κ3) is 5.38. The van der Waals surface area contributed by atoms with Gasteiger partial charge in [0.1, 0.15) is 17.9 Å². The molecule has 0 unspecified atom stereocenters. The predicted molar refractivity (Wildman–Crippen MR) is 94.5 cm³/mol. The van der Waals surface area contributed by atoms with Crippen molar-refractivity contribution < 1.29 is 29.3 Å². The van der Waals surface area contributed by atoms with E-state index < -0.39 is 29.8 Å². The van der Waals surface area contributed by atoms with Gasteiger partial charge in [0.2, 0.25) is 0 Å². The molecule has 1 amide bonds. The normalized spacial score (nSPS) is 15.0. The number of aliphatic carboxylic acids is 1. The zero-order valence-electron chi connectivity index (χ0n) is 14.8. The van der Waals surface area contributed by atoms with Gasteiger partial charge in [-0.3, -0.25) is 19.4 Å². The fourth-order valence-corrected chi connectivity index (χ4v) is 2.63. The third-order valence-corrected chi connectivity index (χ3v) is 3.97. The lowest BCUT2D eigenvalue weighted by Gasteiger charge is -2.29. The molecule has 0 bridgehead atoms. The Kier molecular flexibility index (Phi) is 7.07. The molecule has 3 N–H and O–H groups in total. The van der Waals surface area contributed by atoms with Gasteiger partial charge in [0.05, 0.1) is 25.5 Å². The highest BCUT2D eigenvalue weighted by Crippen LogP contribution is 2.26. The number of hydrogen-bond acceptors (Lipinski definition) is 7. The van der Waals surface area contributed by atoms with Gasteiger partial charge in [-0.15, -0.1) is 0 Å². The van der Waals surface area contributed by atoms with E-state index in [1.54, 1.807) is 19.3 Å². The van der Waals surface area contributed by atoms with Crippen molar-refractivity contribution in [2.24, 2.45) is 0 Å². The van der Waals surface area contributed by atoms with Gasteiger partial charge >= 0.3 is 5.97 Å². The summed E-state index contributed by atoms with van der Waals surface area (Å²) < 4.78 is 5.45. The number of carbonyl (C=O) groups is 3. The van der Waals surface area contributed by atoms with Crippen molar-refractivity contribution in [3.8, 4) is 0 Å². The Morgan fingerprint density at radius 2 is 2.15 bits per heavy atom. The molecule has 9 nitrogen and oxygen atoms in total. The summed E-state index contributed by atoms with van der Waals surface area (Å²) in [5.74, 6) is -2.68. The second-order valence-electron chi connectivity index (χ2n) is 5.86. The molecule has 0 aliphatic carbocycles. The first-order valence-corrected chi connectivity index (χ1v) is 8.23. The summed E-state index contributed by atoms with van der Waals surface area (Å²) in [7, 11) is 1.79. The fourth-order valence-electron chi connectivity index (χ4n) is 2.63. The number of carbonyl (C=O) groups excluding carboxylic acids is 2. The average Bonchev–Trinajstić information content (AvgIpc) is 2.67. The Hall–Kier alpha value is -3.20. The molecule has 0 radical (unpaired) electrons. The molecule has 0 atom stereocenters. The number of likely N-dealkylation sites (N-methyl/N-ethyl adjacent to an activating group) is 1. The first kappa shape index (κ1) is 20.1. The zero-order valence-corrected chi connectivity index (χ0v) is 14.8. The molecule has 0 aromatic carbocycles. The van der Waals surface area contributed by atoms with Crippen molar-refractivity contribution in [1.82, 2.24) is 15.2 Å². The first-order chi connectivity index (χ1) is 12.9. The van der Waals surface area contributed by atoms with Gasteiger partial charge in [0, 0.05) is 30.9 Å². The standard InChI is InChI=1S/C18H21N3O6/c1-21(9-12-4-2-3-6-19-12)15-11-27-7-5-13(15)17(25)14(10-22)18(26)20-8-16(23)24/h2-4,6,10,25H,5,7-9,11H2,1H3,(H,20,26)(H,23,24)/b17-14-. The Morgan fingerprint density at radius 3 is 2.78 bits per heavy atom. The maximum absolute atomic E-state index is 12.0. The highest BCUT2D eigenvalue weighted by molar-refractivity contribution is 6.12. The van der Waals surface area contributed by atoms with E-state index in [-0.39, 0.29) is 12.9 Å². The minimum absolute atomic E-state index is 0.200. The molecule has 2 heterocycles. The van der Waals surface area contributed by atoms with E-state index in [1.807, 2.05) is 17.0 Å².